The third-order valence-electron chi connectivity index (χ3n) is 6.89. The van der Waals surface area contributed by atoms with Gasteiger partial charge in [0.1, 0.15) is 11.3 Å². The van der Waals surface area contributed by atoms with Crippen molar-refractivity contribution in [1.29, 1.82) is 0 Å². The van der Waals surface area contributed by atoms with Gasteiger partial charge in [0, 0.05) is 38.5 Å². The van der Waals surface area contributed by atoms with E-state index in [-0.39, 0.29) is 11.7 Å². The number of hydrogen-bond acceptors (Lipinski definition) is 4. The van der Waals surface area contributed by atoms with Crippen molar-refractivity contribution in [2.45, 2.75) is 46.1 Å². The molecule has 3 aromatic heterocycles. The van der Waals surface area contributed by atoms with Crippen LogP contribution in [0.3, 0.4) is 0 Å². The van der Waals surface area contributed by atoms with E-state index < -0.39 is 6.67 Å². The van der Waals surface area contributed by atoms with Gasteiger partial charge >= 0.3 is 0 Å². The van der Waals surface area contributed by atoms with Gasteiger partial charge in [0.15, 0.2) is 11.5 Å². The number of halogens is 1. The van der Waals surface area contributed by atoms with E-state index >= 15 is 0 Å². The molecule has 1 N–H and O–H groups in total. The van der Waals surface area contributed by atoms with E-state index in [2.05, 4.69) is 10.6 Å². The van der Waals surface area contributed by atoms with Crippen LogP contribution in [-0.4, -0.2) is 54.8 Å². The van der Waals surface area contributed by atoms with Crippen molar-refractivity contribution >= 4 is 28.0 Å². The van der Waals surface area contributed by atoms with Crippen LogP contribution in [0.25, 0.3) is 33.6 Å². The van der Waals surface area contributed by atoms with Gasteiger partial charge in [-0.25, -0.2) is 9.97 Å². The van der Waals surface area contributed by atoms with Crippen molar-refractivity contribution in [3.63, 3.8) is 0 Å². The summed E-state index contributed by atoms with van der Waals surface area (Å²) < 4.78 is 16.8. The average molecular weight is 478 g/mol. The number of para-hydroxylation sites is 1. The van der Waals surface area contributed by atoms with Crippen LogP contribution < -0.4 is 0 Å². The Morgan fingerprint density at radius 2 is 1.97 bits per heavy atom. The second-order valence-electron chi connectivity index (χ2n) is 9.20. The van der Waals surface area contributed by atoms with Crippen LogP contribution in [0.1, 0.15) is 49.2 Å². The van der Waals surface area contributed by atoms with Gasteiger partial charge in [-0.3, -0.25) is 9.18 Å². The van der Waals surface area contributed by atoms with Crippen LogP contribution >= 0.6 is 0 Å². The van der Waals surface area contributed by atoms with Crippen molar-refractivity contribution in [2.75, 3.05) is 19.8 Å². The van der Waals surface area contributed by atoms with Crippen LogP contribution in [-0.2, 0) is 20.0 Å². The molecule has 0 radical (unpaired) electrons. The number of phenols is 1. The van der Waals surface area contributed by atoms with Gasteiger partial charge in [0.25, 0.3) is 5.91 Å². The Balaban J connectivity index is 0.00000124. The van der Waals surface area contributed by atoms with E-state index in [1.54, 1.807) is 11.0 Å². The molecule has 0 spiro atoms. The first-order valence-corrected chi connectivity index (χ1v) is 12.6. The molecule has 1 saturated carbocycles. The minimum Gasteiger partial charge on any atom is -0.506 e. The molecular weight excluding hydrogens is 445 g/mol. The summed E-state index contributed by atoms with van der Waals surface area (Å²) >= 11 is 0. The molecule has 0 unspecified atom stereocenters. The van der Waals surface area contributed by atoms with E-state index in [4.69, 9.17) is 9.97 Å². The number of fused-ring (bicyclic) bond motifs is 3. The van der Waals surface area contributed by atoms with Crippen LogP contribution in [0.5, 0.6) is 5.75 Å². The third-order valence-corrected chi connectivity index (χ3v) is 6.89. The highest BCUT2D eigenvalue weighted by Gasteiger charge is 2.29. The van der Waals surface area contributed by atoms with Crippen molar-refractivity contribution in [1.82, 2.24) is 24.0 Å². The highest BCUT2D eigenvalue weighted by Crippen LogP contribution is 2.38. The van der Waals surface area contributed by atoms with Gasteiger partial charge in [0.05, 0.1) is 29.1 Å². The maximum Gasteiger partial charge on any atom is 0.255 e. The lowest BCUT2D eigenvalue weighted by atomic mass is 10.0. The largest absolute Gasteiger partial charge is 0.506 e. The van der Waals surface area contributed by atoms with Crippen LogP contribution in [0.4, 0.5) is 4.39 Å². The number of pyridine rings is 1. The van der Waals surface area contributed by atoms with E-state index in [9.17, 15) is 14.3 Å². The molecule has 0 saturated heterocycles. The van der Waals surface area contributed by atoms with Crippen molar-refractivity contribution in [3.05, 3.63) is 41.6 Å². The molecule has 1 aromatic carbocycles. The van der Waals surface area contributed by atoms with Crippen molar-refractivity contribution in [2.24, 2.45) is 13.0 Å². The molecular formula is C27H32FN5O2. The van der Waals surface area contributed by atoms with Crippen LogP contribution in [0, 0.1) is 5.92 Å². The number of aromatic nitrogens is 4. The average Bonchev–Trinajstić information content (AvgIpc) is 3.54. The van der Waals surface area contributed by atoms with Crippen molar-refractivity contribution < 1.29 is 14.3 Å². The summed E-state index contributed by atoms with van der Waals surface area (Å²) in [4.78, 5) is 24.4. The van der Waals surface area contributed by atoms with Crippen LogP contribution in [0.15, 0.2) is 30.3 Å². The molecule has 184 valence electrons. The lowest BCUT2D eigenvalue weighted by Gasteiger charge is -2.27. The number of aromatic hydroxyl groups is 1. The lowest BCUT2D eigenvalue weighted by Crippen LogP contribution is -2.38. The van der Waals surface area contributed by atoms with Gasteiger partial charge in [-0.2, -0.15) is 0 Å². The molecule has 6 rings (SSSR count). The zero-order valence-electron chi connectivity index (χ0n) is 20.6. The molecule has 1 aliphatic heterocycles. The molecule has 1 aliphatic carbocycles. The Bertz CT molecular complexity index is 1400. The monoisotopic (exact) mass is 477 g/mol. The zero-order valence-corrected chi connectivity index (χ0v) is 20.6. The summed E-state index contributed by atoms with van der Waals surface area (Å²) in [5.41, 5.74) is 4.51. The van der Waals surface area contributed by atoms with Gasteiger partial charge < -0.3 is 19.1 Å². The summed E-state index contributed by atoms with van der Waals surface area (Å²) in [6.45, 7) is 5.39. The summed E-state index contributed by atoms with van der Waals surface area (Å²) in [5.74, 6) is 1.55. The normalized spacial score (nSPS) is 15.4. The second-order valence-corrected chi connectivity index (χ2v) is 9.20. The smallest absolute Gasteiger partial charge is 0.255 e. The fraction of sp³-hybridized carbons (Fsp3) is 0.444. The number of carbonyl (C=O) groups excluding carboxylic acids is 1. The van der Waals surface area contributed by atoms with E-state index in [1.165, 1.54) is 12.8 Å². The second kappa shape index (κ2) is 9.32. The molecule has 1 amide bonds. The predicted octanol–water partition coefficient (Wildman–Crippen LogP) is 5.09. The maximum atomic E-state index is 13.0. The van der Waals surface area contributed by atoms with E-state index in [0.29, 0.717) is 42.9 Å². The summed E-state index contributed by atoms with van der Waals surface area (Å²) in [5, 5.41) is 11.6. The molecule has 4 heterocycles. The Labute approximate surface area is 204 Å². The Hall–Kier alpha value is -3.42. The van der Waals surface area contributed by atoms with E-state index in [1.807, 2.05) is 43.7 Å². The molecule has 8 heteroatoms. The molecule has 2 aliphatic rings. The first-order chi connectivity index (χ1) is 17.0. The highest BCUT2D eigenvalue weighted by molar-refractivity contribution is 5.99. The Kier molecular flexibility index (Phi) is 6.21. The van der Waals surface area contributed by atoms with Gasteiger partial charge in [-0.05, 0) is 43.4 Å². The fourth-order valence-electron chi connectivity index (χ4n) is 4.97. The quantitative estimate of drug-likeness (QED) is 0.420. The number of rotatable bonds is 6. The van der Waals surface area contributed by atoms with Gasteiger partial charge in [-0.1, -0.05) is 26.0 Å². The molecule has 35 heavy (non-hydrogen) atoms. The lowest BCUT2D eigenvalue weighted by molar-refractivity contribution is 0.0733. The summed E-state index contributed by atoms with van der Waals surface area (Å²) in [7, 11) is 1.95. The Morgan fingerprint density at radius 1 is 1.17 bits per heavy atom. The fourth-order valence-corrected chi connectivity index (χ4v) is 4.97. The Morgan fingerprint density at radius 3 is 2.71 bits per heavy atom. The maximum absolute atomic E-state index is 13.0. The third kappa shape index (κ3) is 4.05. The number of benzene rings is 1. The minimum atomic E-state index is -0.429. The SMILES string of the molecule is CC.Cn1c(-c2cc3cccc(O)c3n2CC2CC2)nc2cc3c(nc21)CCN(CCCF)C3=O. The number of hydrogen-bond donors (Lipinski definition) is 1. The first kappa shape index (κ1) is 23.3. The molecule has 7 nitrogen and oxygen atoms in total. The molecule has 0 bridgehead atoms. The summed E-state index contributed by atoms with van der Waals surface area (Å²) in [6.07, 6.45) is 3.40. The standard InChI is InChI=1S/C25H26FN5O2.C2H6/c1-29-23-19(13-17-18(27-23)8-11-30(25(17)33)10-3-9-26)28-24(29)20-12-16-4-2-5-21(32)22(16)31(20)14-15-6-7-15;1-2/h2,4-5,12-13,15,32H,3,6-11,14H2,1H3;1-2H3. The topological polar surface area (TPSA) is 76.2 Å². The number of phenolic OH excluding ortho intramolecular Hbond substituents is 1. The number of imidazole rings is 1. The first-order valence-electron chi connectivity index (χ1n) is 12.6. The molecule has 4 aromatic rings. The number of aryl methyl sites for hydroxylation is 1. The van der Waals surface area contributed by atoms with Crippen molar-refractivity contribution in [3.8, 4) is 17.3 Å². The minimum absolute atomic E-state index is 0.0981. The number of amides is 1. The highest BCUT2D eigenvalue weighted by atomic mass is 19.1. The zero-order chi connectivity index (χ0) is 24.7. The van der Waals surface area contributed by atoms with Gasteiger partial charge in [0.2, 0.25) is 0 Å². The van der Waals surface area contributed by atoms with E-state index in [0.717, 1.165) is 40.3 Å². The number of nitrogens with zero attached hydrogens (tertiary/aromatic N) is 5. The van der Waals surface area contributed by atoms with Gasteiger partial charge in [-0.15, -0.1) is 0 Å². The summed E-state index contributed by atoms with van der Waals surface area (Å²) in [6, 6.07) is 9.49. The molecule has 0 atom stereocenters. The number of carbonyl (C=O) groups is 1. The number of alkyl halides is 1. The molecule has 1 fully saturated rings. The predicted molar refractivity (Wildman–Crippen MR) is 135 cm³/mol. The van der Waals surface area contributed by atoms with Crippen LogP contribution in [0.2, 0.25) is 0 Å².